The largest absolute Gasteiger partial charge is 0.423 e. The number of oxazole rings is 1. The van der Waals surface area contributed by atoms with Crippen molar-refractivity contribution in [3.05, 3.63) is 23.8 Å². The number of rotatable bonds is 6. The van der Waals surface area contributed by atoms with Crippen LogP contribution in [0.25, 0.3) is 11.1 Å². The van der Waals surface area contributed by atoms with Gasteiger partial charge in [0.2, 0.25) is 5.91 Å². The maximum absolute atomic E-state index is 12.9. The molecule has 0 bridgehead atoms. The van der Waals surface area contributed by atoms with Gasteiger partial charge in [0.1, 0.15) is 11.1 Å². The van der Waals surface area contributed by atoms with E-state index >= 15 is 0 Å². The third-order valence-electron chi connectivity index (χ3n) is 7.95. The molecule has 1 saturated carbocycles. The summed E-state index contributed by atoms with van der Waals surface area (Å²) in [6.07, 6.45) is 9.57. The molecule has 2 aromatic rings. The molecule has 1 aromatic heterocycles. The van der Waals surface area contributed by atoms with Crippen molar-refractivity contribution < 1.29 is 9.21 Å². The van der Waals surface area contributed by atoms with E-state index in [1.807, 2.05) is 6.07 Å². The Balaban J connectivity index is 1.64. The first kappa shape index (κ1) is 21.2. The Morgan fingerprint density at radius 3 is 2.70 bits per heavy atom. The number of amides is 1. The second-order valence-electron chi connectivity index (χ2n) is 9.74. The predicted molar refractivity (Wildman–Crippen MR) is 121 cm³/mol. The van der Waals surface area contributed by atoms with Crippen molar-refractivity contribution in [3.8, 4) is 0 Å². The van der Waals surface area contributed by atoms with Crippen molar-refractivity contribution in [2.24, 2.45) is 23.5 Å². The first-order valence-electron chi connectivity index (χ1n) is 11.9. The normalized spacial score (nSPS) is 30.0. The number of aromatic nitrogens is 1. The fourth-order valence-corrected chi connectivity index (χ4v) is 5.98. The van der Waals surface area contributed by atoms with Gasteiger partial charge in [-0.15, -0.1) is 0 Å². The van der Waals surface area contributed by atoms with Gasteiger partial charge in [0, 0.05) is 6.54 Å². The van der Waals surface area contributed by atoms with Crippen LogP contribution in [-0.2, 0) is 11.2 Å². The lowest BCUT2D eigenvalue weighted by atomic mass is 9.69. The van der Waals surface area contributed by atoms with Crippen molar-refractivity contribution in [2.45, 2.75) is 84.1 Å². The molecule has 1 saturated heterocycles. The van der Waals surface area contributed by atoms with Crippen LogP contribution in [0.15, 0.2) is 22.6 Å². The first-order chi connectivity index (χ1) is 14.4. The zero-order valence-electron chi connectivity index (χ0n) is 18.8. The van der Waals surface area contributed by atoms with E-state index in [-0.39, 0.29) is 5.91 Å². The van der Waals surface area contributed by atoms with Gasteiger partial charge in [-0.25, -0.2) is 0 Å². The molecule has 1 aromatic carbocycles. The molecule has 2 aliphatic rings. The number of benzene rings is 1. The summed E-state index contributed by atoms with van der Waals surface area (Å²) in [5.41, 5.74) is 8.29. The van der Waals surface area contributed by atoms with Gasteiger partial charge in [-0.2, -0.15) is 4.98 Å². The van der Waals surface area contributed by atoms with E-state index in [0.717, 1.165) is 56.2 Å². The van der Waals surface area contributed by atoms with Gasteiger partial charge < -0.3 is 15.1 Å². The smallest absolute Gasteiger partial charge is 0.299 e. The van der Waals surface area contributed by atoms with E-state index in [9.17, 15) is 4.79 Å². The second kappa shape index (κ2) is 8.60. The summed E-state index contributed by atoms with van der Waals surface area (Å²) in [4.78, 5) is 19.8. The number of carbonyl (C=O) groups excluding carboxylic acids is 1. The van der Waals surface area contributed by atoms with Crippen molar-refractivity contribution in [1.29, 1.82) is 0 Å². The summed E-state index contributed by atoms with van der Waals surface area (Å²) >= 11 is 0. The van der Waals surface area contributed by atoms with Crippen LogP contribution in [0, 0.1) is 17.8 Å². The van der Waals surface area contributed by atoms with Crippen LogP contribution in [0.2, 0.25) is 0 Å². The summed E-state index contributed by atoms with van der Waals surface area (Å²) < 4.78 is 6.15. The number of fused-ring (bicyclic) bond motifs is 1. The number of carbonyl (C=O) groups is 1. The van der Waals surface area contributed by atoms with Gasteiger partial charge in [-0.05, 0) is 74.0 Å². The van der Waals surface area contributed by atoms with Crippen LogP contribution in [0.3, 0.4) is 0 Å². The number of nitrogens with two attached hydrogens (primary N) is 1. The highest BCUT2D eigenvalue weighted by Gasteiger charge is 2.47. The molecule has 30 heavy (non-hydrogen) atoms. The van der Waals surface area contributed by atoms with Gasteiger partial charge >= 0.3 is 0 Å². The Kier molecular flexibility index (Phi) is 6.08. The summed E-state index contributed by atoms with van der Waals surface area (Å²) in [5, 5.41) is 0. The SMILES string of the molecule is CCc1ccc2oc(N3CCCCC3(CCC3[C@H](C)CCC[C@@H]3C)C(N)=O)nc2c1. The van der Waals surface area contributed by atoms with Gasteiger partial charge in [-0.1, -0.05) is 46.1 Å². The Bertz CT molecular complexity index is 882. The number of primary amides is 1. The molecule has 1 amide bonds. The van der Waals surface area contributed by atoms with E-state index < -0.39 is 5.54 Å². The Labute approximate surface area is 180 Å². The minimum atomic E-state index is -0.691. The van der Waals surface area contributed by atoms with Crippen LogP contribution in [0.5, 0.6) is 0 Å². The molecular formula is C25H37N3O2. The number of piperidine rings is 1. The highest BCUT2D eigenvalue weighted by Crippen LogP contribution is 2.42. The van der Waals surface area contributed by atoms with Crippen LogP contribution in [0.4, 0.5) is 6.01 Å². The number of hydrogen-bond acceptors (Lipinski definition) is 4. The number of hydrogen-bond donors (Lipinski definition) is 1. The highest BCUT2D eigenvalue weighted by atomic mass is 16.4. The topological polar surface area (TPSA) is 72.4 Å². The molecule has 4 rings (SSSR count). The molecule has 2 heterocycles. The number of nitrogens with zero attached hydrogens (tertiary/aromatic N) is 2. The van der Waals surface area contributed by atoms with Gasteiger partial charge in [-0.3, -0.25) is 4.79 Å². The lowest BCUT2D eigenvalue weighted by Gasteiger charge is -2.46. The fraction of sp³-hybridized carbons (Fsp3) is 0.680. The molecule has 164 valence electrons. The standard InChI is InChI=1S/C25H37N3O2/c1-4-19-10-11-22-21(16-19)27-24(30-22)28-15-6-5-13-25(28,23(26)29)14-12-20-17(2)8-7-9-18(20)3/h10-11,16-18,20H,4-9,12-15H2,1-3H3,(H2,26,29)/t17-,18+,20?,25?. The van der Waals surface area contributed by atoms with Crippen molar-refractivity contribution >= 4 is 23.0 Å². The minimum Gasteiger partial charge on any atom is -0.423 e. The van der Waals surface area contributed by atoms with Crippen LogP contribution >= 0.6 is 0 Å². The molecule has 2 fully saturated rings. The summed E-state index contributed by atoms with van der Waals surface area (Å²) in [7, 11) is 0. The fourth-order valence-electron chi connectivity index (χ4n) is 5.98. The Hall–Kier alpha value is -2.04. The van der Waals surface area contributed by atoms with Crippen LogP contribution in [0.1, 0.15) is 77.7 Å². The average molecular weight is 412 g/mol. The molecule has 2 N–H and O–H groups in total. The zero-order chi connectivity index (χ0) is 21.3. The predicted octanol–water partition coefficient (Wildman–Crippen LogP) is 5.46. The van der Waals surface area contributed by atoms with Crippen LogP contribution in [-0.4, -0.2) is 23.0 Å². The number of aryl methyl sites for hydroxylation is 1. The molecule has 2 unspecified atom stereocenters. The van der Waals surface area contributed by atoms with E-state index in [2.05, 4.69) is 37.8 Å². The second-order valence-corrected chi connectivity index (χ2v) is 9.74. The molecular weight excluding hydrogens is 374 g/mol. The maximum atomic E-state index is 12.9. The summed E-state index contributed by atoms with van der Waals surface area (Å²) in [5.74, 6) is 1.87. The van der Waals surface area contributed by atoms with Gasteiger partial charge in [0.25, 0.3) is 6.01 Å². The molecule has 0 spiro atoms. The van der Waals surface area contributed by atoms with Crippen molar-refractivity contribution in [1.82, 2.24) is 4.98 Å². The summed E-state index contributed by atoms with van der Waals surface area (Å²) in [6.45, 7) is 7.66. The Morgan fingerprint density at radius 2 is 2.00 bits per heavy atom. The molecule has 1 aliphatic heterocycles. The summed E-state index contributed by atoms with van der Waals surface area (Å²) in [6, 6.07) is 6.72. The molecule has 0 radical (unpaired) electrons. The molecule has 4 atom stereocenters. The van der Waals surface area contributed by atoms with E-state index in [1.165, 1.54) is 24.8 Å². The van der Waals surface area contributed by atoms with Gasteiger partial charge in [0.05, 0.1) is 0 Å². The lowest BCUT2D eigenvalue weighted by Crippen LogP contribution is -2.60. The quantitative estimate of drug-likeness (QED) is 0.685. The van der Waals surface area contributed by atoms with Crippen molar-refractivity contribution in [2.75, 3.05) is 11.4 Å². The maximum Gasteiger partial charge on any atom is 0.299 e. The molecule has 5 heteroatoms. The monoisotopic (exact) mass is 411 g/mol. The zero-order valence-corrected chi connectivity index (χ0v) is 18.8. The molecule has 1 aliphatic carbocycles. The van der Waals surface area contributed by atoms with E-state index in [1.54, 1.807) is 0 Å². The third kappa shape index (κ3) is 3.83. The number of anilines is 1. The molecule has 5 nitrogen and oxygen atoms in total. The van der Waals surface area contributed by atoms with E-state index in [0.29, 0.717) is 23.8 Å². The van der Waals surface area contributed by atoms with E-state index in [4.69, 9.17) is 15.1 Å². The highest BCUT2D eigenvalue weighted by molar-refractivity contribution is 5.89. The van der Waals surface area contributed by atoms with Crippen LogP contribution < -0.4 is 10.6 Å². The minimum absolute atomic E-state index is 0.227. The average Bonchev–Trinajstić information content (AvgIpc) is 3.16. The Morgan fingerprint density at radius 1 is 1.23 bits per heavy atom. The van der Waals surface area contributed by atoms with Gasteiger partial charge in [0.15, 0.2) is 5.58 Å². The third-order valence-corrected chi connectivity index (χ3v) is 7.95. The van der Waals surface area contributed by atoms with Crippen molar-refractivity contribution in [3.63, 3.8) is 0 Å². The first-order valence-corrected chi connectivity index (χ1v) is 11.9. The lowest BCUT2D eigenvalue weighted by molar-refractivity contribution is -0.124.